The third-order valence-corrected chi connectivity index (χ3v) is 3.96. The predicted octanol–water partition coefficient (Wildman–Crippen LogP) is 4.08. The Hall–Kier alpha value is -2.11. The minimum atomic E-state index is -0.305. The summed E-state index contributed by atoms with van der Waals surface area (Å²) >= 11 is 5.93. The number of nitrogens with zero attached hydrogens (tertiary/aromatic N) is 1. The van der Waals surface area contributed by atoms with Gasteiger partial charge >= 0.3 is 6.03 Å². The van der Waals surface area contributed by atoms with E-state index in [0.717, 1.165) is 5.56 Å². The molecule has 0 aromatic heterocycles. The van der Waals surface area contributed by atoms with Gasteiger partial charge in [-0.1, -0.05) is 29.8 Å². The van der Waals surface area contributed by atoms with Gasteiger partial charge in [-0.15, -0.1) is 0 Å². The lowest BCUT2D eigenvalue weighted by atomic mass is 10.1. The molecule has 2 aromatic rings. The highest BCUT2D eigenvalue weighted by Crippen LogP contribution is 2.25. The highest BCUT2D eigenvalue weighted by atomic mass is 35.5. The second kappa shape index (κ2) is 6.98. The van der Waals surface area contributed by atoms with Gasteiger partial charge in [-0.05, 0) is 35.9 Å². The number of benzene rings is 2. The number of halogens is 2. The lowest BCUT2D eigenvalue weighted by Gasteiger charge is -2.35. The number of carbonyl (C=O) groups excluding carboxylic acids is 1. The van der Waals surface area contributed by atoms with Gasteiger partial charge in [0.2, 0.25) is 0 Å². The van der Waals surface area contributed by atoms with Gasteiger partial charge in [0.05, 0.1) is 19.3 Å². The molecule has 1 unspecified atom stereocenters. The Morgan fingerprint density at radius 3 is 2.78 bits per heavy atom. The Labute approximate surface area is 138 Å². The second-order valence-electron chi connectivity index (χ2n) is 5.28. The van der Waals surface area contributed by atoms with Crippen LogP contribution in [0.4, 0.5) is 14.9 Å². The van der Waals surface area contributed by atoms with Crippen molar-refractivity contribution in [3.05, 3.63) is 64.9 Å². The van der Waals surface area contributed by atoms with Gasteiger partial charge in [0.15, 0.2) is 0 Å². The first-order valence-electron chi connectivity index (χ1n) is 7.30. The van der Waals surface area contributed by atoms with Crippen LogP contribution in [0.15, 0.2) is 48.5 Å². The van der Waals surface area contributed by atoms with Crippen LogP contribution in [0.1, 0.15) is 11.6 Å². The van der Waals surface area contributed by atoms with Gasteiger partial charge in [0.1, 0.15) is 5.82 Å². The van der Waals surface area contributed by atoms with Crippen molar-refractivity contribution >= 4 is 23.3 Å². The van der Waals surface area contributed by atoms with Gasteiger partial charge < -0.3 is 15.0 Å². The molecule has 0 radical (unpaired) electrons. The summed E-state index contributed by atoms with van der Waals surface area (Å²) in [6.07, 6.45) is 0. The van der Waals surface area contributed by atoms with Crippen molar-refractivity contribution in [2.24, 2.45) is 0 Å². The van der Waals surface area contributed by atoms with Crippen LogP contribution in [0.25, 0.3) is 0 Å². The smallest absolute Gasteiger partial charge is 0.322 e. The molecule has 1 fully saturated rings. The van der Waals surface area contributed by atoms with Crippen molar-refractivity contribution in [1.29, 1.82) is 0 Å². The number of nitrogens with one attached hydrogen (secondary N) is 1. The van der Waals surface area contributed by atoms with Gasteiger partial charge in [0, 0.05) is 17.3 Å². The molecule has 1 saturated heterocycles. The molecule has 23 heavy (non-hydrogen) atoms. The van der Waals surface area contributed by atoms with E-state index < -0.39 is 0 Å². The number of morpholine rings is 1. The first-order valence-corrected chi connectivity index (χ1v) is 7.68. The zero-order valence-electron chi connectivity index (χ0n) is 12.3. The summed E-state index contributed by atoms with van der Waals surface area (Å²) in [5.41, 5.74) is 1.47. The molecule has 2 aromatic carbocycles. The number of carbonyl (C=O) groups is 1. The largest absolute Gasteiger partial charge is 0.377 e. The number of hydrogen-bond donors (Lipinski definition) is 1. The summed E-state index contributed by atoms with van der Waals surface area (Å²) in [5, 5.41) is 3.39. The number of amides is 2. The van der Waals surface area contributed by atoms with Gasteiger partial charge in [0.25, 0.3) is 0 Å². The van der Waals surface area contributed by atoms with Crippen molar-refractivity contribution in [3.8, 4) is 0 Å². The standard InChI is InChI=1S/C17H16ClFN2O2/c18-13-2-1-3-15(10-13)20-17(22)21-8-9-23-11-16(21)12-4-6-14(19)7-5-12/h1-7,10,16H,8-9,11H2,(H,20,22). The van der Waals surface area contributed by atoms with Crippen molar-refractivity contribution < 1.29 is 13.9 Å². The molecule has 1 N–H and O–H groups in total. The quantitative estimate of drug-likeness (QED) is 0.899. The minimum Gasteiger partial charge on any atom is -0.377 e. The molecule has 1 aliphatic rings. The van der Waals surface area contributed by atoms with Crippen LogP contribution in [-0.2, 0) is 4.74 Å². The van der Waals surface area contributed by atoms with Crippen LogP contribution in [0.5, 0.6) is 0 Å². The summed E-state index contributed by atoms with van der Waals surface area (Å²) in [4.78, 5) is 14.3. The molecular formula is C17H16ClFN2O2. The maximum Gasteiger partial charge on any atom is 0.322 e. The highest BCUT2D eigenvalue weighted by molar-refractivity contribution is 6.30. The van der Waals surface area contributed by atoms with Crippen LogP contribution < -0.4 is 5.32 Å². The molecule has 2 amide bonds. The van der Waals surface area contributed by atoms with Crippen molar-refractivity contribution in [2.75, 3.05) is 25.1 Å². The van der Waals surface area contributed by atoms with Gasteiger partial charge in [-0.3, -0.25) is 0 Å². The normalized spacial score (nSPS) is 17.8. The van der Waals surface area contributed by atoms with Crippen LogP contribution in [-0.4, -0.2) is 30.7 Å². The molecule has 1 aliphatic heterocycles. The lowest BCUT2D eigenvalue weighted by molar-refractivity contribution is 0.0147. The molecule has 0 bridgehead atoms. The van der Waals surface area contributed by atoms with E-state index >= 15 is 0 Å². The summed E-state index contributed by atoms with van der Waals surface area (Å²) < 4.78 is 18.6. The van der Waals surface area contributed by atoms with E-state index in [0.29, 0.717) is 30.5 Å². The van der Waals surface area contributed by atoms with E-state index in [2.05, 4.69) is 5.32 Å². The van der Waals surface area contributed by atoms with Gasteiger partial charge in [-0.25, -0.2) is 9.18 Å². The van der Waals surface area contributed by atoms with E-state index in [1.165, 1.54) is 12.1 Å². The summed E-state index contributed by atoms with van der Waals surface area (Å²) in [7, 11) is 0. The molecule has 4 nitrogen and oxygen atoms in total. The fraction of sp³-hybridized carbons (Fsp3) is 0.235. The fourth-order valence-electron chi connectivity index (χ4n) is 2.57. The molecule has 1 atom stereocenters. The SMILES string of the molecule is O=C(Nc1cccc(Cl)c1)N1CCOCC1c1ccc(F)cc1. The summed E-state index contributed by atoms with van der Waals surface area (Å²) in [5.74, 6) is -0.305. The van der Waals surface area contributed by atoms with Crippen LogP contribution in [0.3, 0.4) is 0 Å². The monoisotopic (exact) mass is 334 g/mol. The molecule has 6 heteroatoms. The van der Waals surface area contributed by atoms with Crippen molar-refractivity contribution in [1.82, 2.24) is 4.90 Å². The number of anilines is 1. The Balaban J connectivity index is 1.77. The average molecular weight is 335 g/mol. The number of rotatable bonds is 2. The van der Waals surface area contributed by atoms with E-state index in [1.807, 2.05) is 0 Å². The van der Waals surface area contributed by atoms with Gasteiger partial charge in [-0.2, -0.15) is 0 Å². The second-order valence-corrected chi connectivity index (χ2v) is 5.71. The zero-order valence-corrected chi connectivity index (χ0v) is 13.1. The van der Waals surface area contributed by atoms with Crippen molar-refractivity contribution in [3.63, 3.8) is 0 Å². The maximum atomic E-state index is 13.1. The van der Waals surface area contributed by atoms with E-state index in [4.69, 9.17) is 16.3 Å². The minimum absolute atomic E-state index is 0.232. The molecule has 3 rings (SSSR count). The first kappa shape index (κ1) is 15.8. The third kappa shape index (κ3) is 3.81. The molecule has 0 saturated carbocycles. The first-order chi connectivity index (χ1) is 11.1. The topological polar surface area (TPSA) is 41.6 Å². The Morgan fingerprint density at radius 2 is 2.04 bits per heavy atom. The zero-order chi connectivity index (χ0) is 16.2. The van der Waals surface area contributed by atoms with E-state index in [-0.39, 0.29) is 17.9 Å². The molecular weight excluding hydrogens is 319 g/mol. The van der Waals surface area contributed by atoms with Crippen LogP contribution in [0, 0.1) is 5.82 Å². The molecule has 0 aliphatic carbocycles. The van der Waals surface area contributed by atoms with Crippen molar-refractivity contribution in [2.45, 2.75) is 6.04 Å². The Bertz CT molecular complexity index is 693. The molecule has 120 valence electrons. The maximum absolute atomic E-state index is 13.1. The molecule has 1 heterocycles. The Kier molecular flexibility index (Phi) is 4.79. The van der Waals surface area contributed by atoms with E-state index in [9.17, 15) is 9.18 Å². The highest BCUT2D eigenvalue weighted by Gasteiger charge is 2.28. The van der Waals surface area contributed by atoms with Crippen LogP contribution in [0.2, 0.25) is 5.02 Å². The summed E-state index contributed by atoms with van der Waals surface area (Å²) in [6, 6.07) is 12.6. The number of ether oxygens (including phenoxy) is 1. The number of hydrogen-bond acceptors (Lipinski definition) is 2. The summed E-state index contributed by atoms with van der Waals surface area (Å²) in [6.45, 7) is 1.32. The predicted molar refractivity (Wildman–Crippen MR) is 87.1 cm³/mol. The average Bonchev–Trinajstić information content (AvgIpc) is 2.55. The molecule has 0 spiro atoms. The third-order valence-electron chi connectivity index (χ3n) is 3.72. The Morgan fingerprint density at radius 1 is 1.26 bits per heavy atom. The van der Waals surface area contributed by atoms with Crippen LogP contribution >= 0.6 is 11.6 Å². The number of urea groups is 1. The lowest BCUT2D eigenvalue weighted by Crippen LogP contribution is -2.45. The van der Waals surface area contributed by atoms with E-state index in [1.54, 1.807) is 41.3 Å². The fourth-order valence-corrected chi connectivity index (χ4v) is 2.76.